The van der Waals surface area contributed by atoms with Gasteiger partial charge in [-0.15, -0.1) is 11.3 Å². The number of thiophene rings is 1. The number of nitrogens with zero attached hydrogens (tertiary/aromatic N) is 4. The molecule has 4 aromatic heterocycles. The first-order chi connectivity index (χ1) is 41.7. The minimum Gasteiger partial charge on any atom is -0.458 e. The molecule has 0 unspecified atom stereocenters. The molecule has 16 aromatic rings. The number of hydrogen-bond acceptors (Lipinski definition) is 5. The number of aromatic nitrogens is 2. The third-order valence-electron chi connectivity index (χ3n) is 18.1. The van der Waals surface area contributed by atoms with Gasteiger partial charge in [0.2, 0.25) is 0 Å². The number of para-hydroxylation sites is 4. The molecule has 6 heterocycles. The molecule has 0 spiro atoms. The molecule has 8 heteroatoms. The Labute approximate surface area is 493 Å². The van der Waals surface area contributed by atoms with Crippen molar-refractivity contribution in [2.75, 3.05) is 4.90 Å². The molecular weight excluding hydrogens is 1060 g/mol. The van der Waals surface area contributed by atoms with E-state index in [4.69, 9.17) is 9.15 Å². The molecule has 0 bridgehead atoms. The normalized spacial score (nSPS) is 12.9. The van der Waals surface area contributed by atoms with Crippen molar-refractivity contribution in [3.05, 3.63) is 254 Å². The van der Waals surface area contributed by atoms with Crippen molar-refractivity contribution in [1.29, 1.82) is 5.26 Å². The SMILES string of the molecule is CC(C)(C)c1ccc(N2c3cc(-n4c5ccccc5c5cc(C#N)ccc54)ccc3B3c4ccc(-n5c6ccccc6c6ccccc65)cc4Oc4cc(-c5cccc6c5oc5ccc7sc8ccccc8c7c56)cc2c43)c(-c2ccccc2)c1. The number of ether oxygens (including phenoxy) is 1. The Bertz CT molecular complexity index is 5560. The maximum absolute atomic E-state index is 10.2. The Morgan fingerprint density at radius 2 is 1.11 bits per heavy atom. The van der Waals surface area contributed by atoms with Gasteiger partial charge < -0.3 is 23.2 Å². The monoisotopic (exact) mass is 1100 g/mol. The predicted octanol–water partition coefficient (Wildman–Crippen LogP) is 19.1. The van der Waals surface area contributed by atoms with E-state index >= 15 is 0 Å². The molecular formula is C77H49BN4O2S. The first kappa shape index (κ1) is 48.0. The predicted molar refractivity (Wildman–Crippen MR) is 355 cm³/mol. The van der Waals surface area contributed by atoms with Crippen molar-refractivity contribution in [3.8, 4) is 51.2 Å². The van der Waals surface area contributed by atoms with Crippen LogP contribution in [-0.2, 0) is 5.41 Å². The van der Waals surface area contributed by atoms with Crippen LogP contribution in [0.25, 0.3) is 119 Å². The van der Waals surface area contributed by atoms with Gasteiger partial charge in [-0.25, -0.2) is 0 Å². The Balaban J connectivity index is 0.945. The van der Waals surface area contributed by atoms with Crippen LogP contribution in [0.5, 0.6) is 11.5 Å². The number of anilines is 3. The largest absolute Gasteiger partial charge is 0.458 e. The Morgan fingerprint density at radius 1 is 0.447 bits per heavy atom. The summed E-state index contributed by atoms with van der Waals surface area (Å²) in [6.07, 6.45) is 0. The third-order valence-corrected chi connectivity index (χ3v) is 19.3. The fourth-order valence-corrected chi connectivity index (χ4v) is 15.4. The van der Waals surface area contributed by atoms with Gasteiger partial charge in [0.15, 0.2) is 0 Å². The van der Waals surface area contributed by atoms with Crippen molar-refractivity contribution in [1.82, 2.24) is 9.13 Å². The number of fused-ring (bicyclic) bond motifs is 17. The van der Waals surface area contributed by atoms with Crippen molar-refractivity contribution >= 4 is 137 Å². The van der Waals surface area contributed by atoms with E-state index in [0.29, 0.717) is 5.56 Å². The molecule has 398 valence electrons. The fourth-order valence-electron chi connectivity index (χ4n) is 14.3. The van der Waals surface area contributed by atoms with Crippen molar-refractivity contribution in [3.63, 3.8) is 0 Å². The maximum Gasteiger partial charge on any atom is 0.256 e. The second kappa shape index (κ2) is 17.7. The number of hydrogen-bond donors (Lipinski definition) is 0. The van der Waals surface area contributed by atoms with Crippen LogP contribution in [0.15, 0.2) is 247 Å². The quantitative estimate of drug-likeness (QED) is 0.161. The summed E-state index contributed by atoms with van der Waals surface area (Å²) in [4.78, 5) is 2.52. The van der Waals surface area contributed by atoms with Gasteiger partial charge >= 0.3 is 0 Å². The van der Waals surface area contributed by atoms with E-state index < -0.39 is 0 Å². The molecule has 0 saturated carbocycles. The number of benzene rings is 12. The highest BCUT2D eigenvalue weighted by atomic mass is 32.1. The lowest BCUT2D eigenvalue weighted by Crippen LogP contribution is -2.59. The Morgan fingerprint density at radius 3 is 1.85 bits per heavy atom. The summed E-state index contributed by atoms with van der Waals surface area (Å²) in [5, 5.41) is 19.4. The Hall–Kier alpha value is -10.6. The van der Waals surface area contributed by atoms with Crippen molar-refractivity contribution in [2.24, 2.45) is 0 Å². The first-order valence-corrected chi connectivity index (χ1v) is 29.9. The maximum atomic E-state index is 10.2. The molecule has 0 aliphatic carbocycles. The van der Waals surface area contributed by atoms with Gasteiger partial charge in [0.25, 0.3) is 6.71 Å². The number of rotatable bonds is 5. The molecule has 2 aliphatic heterocycles. The first-order valence-electron chi connectivity index (χ1n) is 29.1. The average Bonchev–Trinajstić information content (AvgIpc) is 2.71. The van der Waals surface area contributed by atoms with Crippen molar-refractivity contribution < 1.29 is 9.15 Å². The summed E-state index contributed by atoms with van der Waals surface area (Å²) in [5.74, 6) is 1.61. The summed E-state index contributed by atoms with van der Waals surface area (Å²) >= 11 is 1.83. The minimum atomic E-state index is -0.220. The average molecular weight is 1110 g/mol. The molecule has 0 radical (unpaired) electrons. The highest BCUT2D eigenvalue weighted by Crippen LogP contribution is 2.50. The van der Waals surface area contributed by atoms with Crippen LogP contribution in [-0.4, -0.2) is 15.8 Å². The molecule has 0 N–H and O–H groups in total. The lowest BCUT2D eigenvalue weighted by atomic mass is 9.34. The van der Waals surface area contributed by atoms with E-state index in [1.807, 2.05) is 23.5 Å². The molecule has 6 nitrogen and oxygen atoms in total. The standard InChI is InChI=1S/C77H49BN4O2S/c1-77(2,3)48-29-35-64(57(41-48)46-16-5-4-6-17-46)82-66-42-49(80-63-26-13-9-20-54(63)58-38-45(44-79)28-34-65(58)80)30-32-59(66)78-60-33-31-50(81-61-24-11-7-18-52(61)53-19-8-12-25-62(53)81)43-69(60)83-70-40-47(39-67(82)75(70)78)51-22-15-23-56-73-68(84-76(51)56)36-37-72-74(73)55-21-10-14-27-71(55)85-72/h4-43H,1-3H3. The van der Waals surface area contributed by atoms with Gasteiger partial charge in [0.05, 0.1) is 39.4 Å². The smallest absolute Gasteiger partial charge is 0.256 e. The van der Waals surface area contributed by atoms with E-state index in [2.05, 4.69) is 271 Å². The molecule has 12 aromatic carbocycles. The molecule has 18 rings (SSSR count). The van der Waals surface area contributed by atoms with E-state index in [1.54, 1.807) is 0 Å². The van der Waals surface area contributed by atoms with Gasteiger partial charge in [-0.2, -0.15) is 5.26 Å². The van der Waals surface area contributed by atoms with Gasteiger partial charge in [-0.3, -0.25) is 0 Å². The number of nitriles is 1. The van der Waals surface area contributed by atoms with Crippen LogP contribution >= 0.6 is 11.3 Å². The van der Waals surface area contributed by atoms with Crippen LogP contribution in [0.1, 0.15) is 31.9 Å². The van der Waals surface area contributed by atoms with Crippen LogP contribution in [0, 0.1) is 11.3 Å². The lowest BCUT2D eigenvalue weighted by molar-refractivity contribution is 0.487. The molecule has 0 saturated heterocycles. The molecule has 85 heavy (non-hydrogen) atoms. The second-order valence-corrected chi connectivity index (χ2v) is 24.9. The summed E-state index contributed by atoms with van der Waals surface area (Å²) in [5.41, 5.74) is 20.6. The summed E-state index contributed by atoms with van der Waals surface area (Å²) < 4.78 is 22.0. The molecule has 0 amide bonds. The van der Waals surface area contributed by atoms with Gasteiger partial charge in [0, 0.05) is 92.4 Å². The van der Waals surface area contributed by atoms with Crippen LogP contribution in [0.2, 0.25) is 0 Å². The third kappa shape index (κ3) is 6.93. The molecule has 0 fully saturated rings. The summed E-state index contributed by atoms with van der Waals surface area (Å²) in [7, 11) is 0. The zero-order chi connectivity index (χ0) is 56.4. The fraction of sp³-hybridized carbons (Fsp3) is 0.0519. The van der Waals surface area contributed by atoms with Gasteiger partial charge in [-0.1, -0.05) is 160 Å². The minimum absolute atomic E-state index is 0.122. The van der Waals surface area contributed by atoms with E-state index in [-0.39, 0.29) is 12.1 Å². The highest BCUT2D eigenvalue weighted by molar-refractivity contribution is 7.26. The molecule has 2 aliphatic rings. The topological polar surface area (TPSA) is 59.3 Å². The van der Waals surface area contributed by atoms with Gasteiger partial charge in [-0.05, 0) is 136 Å². The van der Waals surface area contributed by atoms with E-state index in [1.165, 1.54) is 36.5 Å². The van der Waals surface area contributed by atoms with Crippen LogP contribution < -0.4 is 26.0 Å². The lowest BCUT2D eigenvalue weighted by Gasteiger charge is -2.41. The van der Waals surface area contributed by atoms with Gasteiger partial charge in [0.1, 0.15) is 22.7 Å². The van der Waals surface area contributed by atoms with Crippen LogP contribution in [0.3, 0.4) is 0 Å². The van der Waals surface area contributed by atoms with E-state index in [0.717, 1.165) is 133 Å². The second-order valence-electron chi connectivity index (χ2n) is 23.9. The van der Waals surface area contributed by atoms with E-state index in [9.17, 15) is 5.26 Å². The molecule has 0 atom stereocenters. The summed E-state index contributed by atoms with van der Waals surface area (Å²) in [6, 6.07) is 90.6. The highest BCUT2D eigenvalue weighted by Gasteiger charge is 2.43. The zero-order valence-electron chi connectivity index (χ0n) is 46.7. The summed E-state index contributed by atoms with van der Waals surface area (Å²) in [6.45, 7) is 6.66. The Kier molecular flexibility index (Phi) is 10.0. The van der Waals surface area contributed by atoms with Crippen molar-refractivity contribution in [2.45, 2.75) is 26.2 Å². The number of furan rings is 1. The van der Waals surface area contributed by atoms with Crippen LogP contribution in [0.4, 0.5) is 17.1 Å². The zero-order valence-corrected chi connectivity index (χ0v) is 47.5.